The van der Waals surface area contributed by atoms with Gasteiger partial charge in [-0.25, -0.2) is 0 Å². The number of pyridine rings is 1. The van der Waals surface area contributed by atoms with Gasteiger partial charge in [0.1, 0.15) is 5.75 Å². The summed E-state index contributed by atoms with van der Waals surface area (Å²) in [6.45, 7) is -2.86. The van der Waals surface area contributed by atoms with Gasteiger partial charge in [0.2, 0.25) is 5.91 Å². The average molecular weight is 292 g/mol. The van der Waals surface area contributed by atoms with Gasteiger partial charge in [0.05, 0.1) is 0 Å². The number of amides is 1. The fourth-order valence-corrected chi connectivity index (χ4v) is 1.75. The van der Waals surface area contributed by atoms with E-state index in [0.717, 1.165) is 5.56 Å². The molecule has 1 aromatic heterocycles. The maximum Gasteiger partial charge on any atom is 0.387 e. The molecule has 21 heavy (non-hydrogen) atoms. The number of aromatic nitrogens is 1. The molecule has 0 aliphatic carbocycles. The van der Waals surface area contributed by atoms with Gasteiger partial charge in [0.25, 0.3) is 0 Å². The summed E-state index contributed by atoms with van der Waals surface area (Å²) < 4.78 is 28.2. The molecule has 0 aliphatic heterocycles. The molecular weight excluding hydrogens is 278 g/mol. The lowest BCUT2D eigenvalue weighted by Crippen LogP contribution is -2.12. The van der Waals surface area contributed by atoms with Crippen LogP contribution in [-0.2, 0) is 11.2 Å². The first-order valence-corrected chi connectivity index (χ1v) is 6.37. The third-order valence-electron chi connectivity index (χ3n) is 2.73. The van der Waals surface area contributed by atoms with Crippen molar-refractivity contribution in [2.24, 2.45) is 0 Å². The second kappa shape index (κ2) is 7.33. The summed E-state index contributed by atoms with van der Waals surface area (Å²) in [7, 11) is 0. The fourth-order valence-electron chi connectivity index (χ4n) is 1.75. The summed E-state index contributed by atoms with van der Waals surface area (Å²) in [5, 5.41) is 2.69. The van der Waals surface area contributed by atoms with E-state index in [1.165, 1.54) is 24.3 Å². The molecular formula is C15H14F2N2O2. The summed E-state index contributed by atoms with van der Waals surface area (Å²) in [5.41, 5.74) is 1.51. The monoisotopic (exact) mass is 292 g/mol. The van der Waals surface area contributed by atoms with Crippen LogP contribution in [0.25, 0.3) is 0 Å². The number of benzene rings is 1. The maximum atomic E-state index is 12.0. The van der Waals surface area contributed by atoms with Crippen molar-refractivity contribution in [2.75, 3.05) is 5.32 Å². The first kappa shape index (κ1) is 14.9. The van der Waals surface area contributed by atoms with Crippen LogP contribution in [0.4, 0.5) is 14.5 Å². The number of nitrogens with one attached hydrogen (secondary N) is 1. The van der Waals surface area contributed by atoms with Crippen molar-refractivity contribution in [1.29, 1.82) is 0 Å². The Kier molecular flexibility index (Phi) is 5.20. The van der Waals surface area contributed by atoms with Crippen molar-refractivity contribution < 1.29 is 18.3 Å². The van der Waals surface area contributed by atoms with Gasteiger partial charge in [-0.15, -0.1) is 0 Å². The van der Waals surface area contributed by atoms with Crippen molar-refractivity contribution in [2.45, 2.75) is 19.5 Å². The number of rotatable bonds is 6. The van der Waals surface area contributed by atoms with E-state index in [1.807, 2.05) is 12.1 Å². The van der Waals surface area contributed by atoms with Crippen LogP contribution < -0.4 is 10.1 Å². The Bertz CT molecular complexity index is 574. The molecule has 1 amide bonds. The first-order valence-electron chi connectivity index (χ1n) is 6.37. The van der Waals surface area contributed by atoms with Crippen molar-refractivity contribution in [3.8, 4) is 5.75 Å². The summed E-state index contributed by atoms with van der Waals surface area (Å²) in [6.07, 6.45) is 4.30. The molecule has 0 unspecified atom stereocenters. The van der Waals surface area contributed by atoms with Crippen molar-refractivity contribution in [1.82, 2.24) is 4.98 Å². The number of halogens is 2. The summed E-state index contributed by atoms with van der Waals surface area (Å²) in [5.74, 6) is -0.0975. The van der Waals surface area contributed by atoms with Gasteiger partial charge in [0.15, 0.2) is 0 Å². The highest BCUT2D eigenvalue weighted by Gasteiger charge is 2.06. The minimum absolute atomic E-state index is 0.0540. The standard InChI is InChI=1S/C15H14F2N2O2/c16-15(17)21-13-6-4-12(5-7-13)19-14(20)8-3-11-2-1-9-18-10-11/h1-2,4-7,9-10,15H,3,8H2,(H,19,20). The van der Waals surface area contributed by atoms with Crippen LogP contribution in [0.2, 0.25) is 0 Å². The molecule has 6 heteroatoms. The van der Waals surface area contributed by atoms with E-state index in [-0.39, 0.29) is 11.7 Å². The number of ether oxygens (including phenoxy) is 1. The molecule has 0 bridgehead atoms. The highest BCUT2D eigenvalue weighted by atomic mass is 19.3. The predicted molar refractivity (Wildman–Crippen MR) is 74.3 cm³/mol. The van der Waals surface area contributed by atoms with Crippen LogP contribution in [0.1, 0.15) is 12.0 Å². The van der Waals surface area contributed by atoms with Gasteiger partial charge in [-0.3, -0.25) is 9.78 Å². The summed E-state index contributed by atoms with van der Waals surface area (Å²) in [4.78, 5) is 15.7. The van der Waals surface area contributed by atoms with Crippen molar-refractivity contribution in [3.05, 3.63) is 54.4 Å². The zero-order valence-electron chi connectivity index (χ0n) is 11.1. The molecule has 1 N–H and O–H groups in total. The molecule has 0 saturated heterocycles. The number of hydrogen-bond donors (Lipinski definition) is 1. The lowest BCUT2D eigenvalue weighted by atomic mass is 10.1. The number of hydrogen-bond acceptors (Lipinski definition) is 3. The molecule has 0 fully saturated rings. The molecule has 2 rings (SSSR count). The van der Waals surface area contributed by atoms with E-state index >= 15 is 0 Å². The van der Waals surface area contributed by atoms with Gasteiger partial charge in [-0.1, -0.05) is 6.07 Å². The number of carbonyl (C=O) groups excluding carboxylic acids is 1. The quantitative estimate of drug-likeness (QED) is 0.889. The van der Waals surface area contributed by atoms with E-state index in [2.05, 4.69) is 15.0 Å². The van der Waals surface area contributed by atoms with E-state index in [1.54, 1.807) is 12.4 Å². The van der Waals surface area contributed by atoms with Gasteiger partial charge in [-0.05, 0) is 42.3 Å². The van der Waals surface area contributed by atoms with E-state index < -0.39 is 6.61 Å². The van der Waals surface area contributed by atoms with Gasteiger partial charge in [0, 0.05) is 24.5 Å². The van der Waals surface area contributed by atoms with Crippen LogP contribution in [0.15, 0.2) is 48.8 Å². The van der Waals surface area contributed by atoms with Gasteiger partial charge in [-0.2, -0.15) is 8.78 Å². The minimum atomic E-state index is -2.86. The highest BCUT2D eigenvalue weighted by molar-refractivity contribution is 5.90. The molecule has 0 radical (unpaired) electrons. The Hall–Kier alpha value is -2.50. The normalized spacial score (nSPS) is 10.4. The Morgan fingerprint density at radius 3 is 2.62 bits per heavy atom. The SMILES string of the molecule is O=C(CCc1cccnc1)Nc1ccc(OC(F)F)cc1. The molecule has 1 heterocycles. The lowest BCUT2D eigenvalue weighted by molar-refractivity contribution is -0.116. The predicted octanol–water partition coefficient (Wildman–Crippen LogP) is 3.25. The molecule has 0 aliphatic rings. The zero-order valence-corrected chi connectivity index (χ0v) is 11.1. The molecule has 0 atom stereocenters. The maximum absolute atomic E-state index is 12.0. The molecule has 4 nitrogen and oxygen atoms in total. The van der Waals surface area contributed by atoms with E-state index in [4.69, 9.17) is 0 Å². The van der Waals surface area contributed by atoms with Crippen LogP contribution in [0.3, 0.4) is 0 Å². The Morgan fingerprint density at radius 2 is 2.00 bits per heavy atom. The lowest BCUT2D eigenvalue weighted by Gasteiger charge is -2.07. The Labute approximate surface area is 120 Å². The van der Waals surface area contributed by atoms with Crippen molar-refractivity contribution in [3.63, 3.8) is 0 Å². The topological polar surface area (TPSA) is 51.2 Å². The third-order valence-corrected chi connectivity index (χ3v) is 2.73. The highest BCUT2D eigenvalue weighted by Crippen LogP contribution is 2.17. The molecule has 0 saturated carbocycles. The largest absolute Gasteiger partial charge is 0.435 e. The Balaban J connectivity index is 1.82. The molecule has 1 aromatic carbocycles. The van der Waals surface area contributed by atoms with E-state index in [9.17, 15) is 13.6 Å². The molecule has 0 spiro atoms. The van der Waals surface area contributed by atoms with Crippen LogP contribution >= 0.6 is 0 Å². The summed E-state index contributed by atoms with van der Waals surface area (Å²) in [6, 6.07) is 9.50. The fraction of sp³-hybridized carbons (Fsp3) is 0.200. The molecule has 110 valence electrons. The van der Waals surface area contributed by atoms with Gasteiger partial charge >= 0.3 is 6.61 Å². The third kappa shape index (κ3) is 5.18. The smallest absolute Gasteiger partial charge is 0.387 e. The zero-order chi connectivity index (χ0) is 15.1. The van der Waals surface area contributed by atoms with Crippen LogP contribution in [0.5, 0.6) is 5.75 Å². The first-order chi connectivity index (χ1) is 10.1. The van der Waals surface area contributed by atoms with Crippen molar-refractivity contribution >= 4 is 11.6 Å². The van der Waals surface area contributed by atoms with E-state index in [0.29, 0.717) is 18.5 Å². The number of nitrogens with zero attached hydrogens (tertiary/aromatic N) is 1. The minimum Gasteiger partial charge on any atom is -0.435 e. The number of anilines is 1. The Morgan fingerprint density at radius 1 is 1.24 bits per heavy atom. The van der Waals surface area contributed by atoms with Crippen LogP contribution in [-0.4, -0.2) is 17.5 Å². The van der Waals surface area contributed by atoms with Gasteiger partial charge < -0.3 is 10.1 Å². The molecule has 2 aromatic rings. The second-order valence-corrected chi connectivity index (χ2v) is 4.31. The number of alkyl halides is 2. The summed E-state index contributed by atoms with van der Waals surface area (Å²) >= 11 is 0. The van der Waals surface area contributed by atoms with Crippen LogP contribution in [0, 0.1) is 0 Å². The number of carbonyl (C=O) groups is 1. The number of aryl methyl sites for hydroxylation is 1. The second-order valence-electron chi connectivity index (χ2n) is 4.31. The average Bonchev–Trinajstić information content (AvgIpc) is 2.48.